The lowest BCUT2D eigenvalue weighted by Gasteiger charge is -2.43. The molecule has 17 heavy (non-hydrogen) atoms. The van der Waals surface area contributed by atoms with Crippen LogP contribution in [0.1, 0.15) is 40.5 Å². The summed E-state index contributed by atoms with van der Waals surface area (Å²) < 4.78 is 0. The van der Waals surface area contributed by atoms with E-state index in [1.807, 2.05) is 7.05 Å². The second-order valence-electron chi connectivity index (χ2n) is 5.76. The number of nitrogens with one attached hydrogen (secondary N) is 2. The Morgan fingerprint density at radius 1 is 1.53 bits per heavy atom. The molecule has 1 rings (SSSR count). The summed E-state index contributed by atoms with van der Waals surface area (Å²) >= 11 is 0. The lowest BCUT2D eigenvalue weighted by molar-refractivity contribution is -0.128. The summed E-state index contributed by atoms with van der Waals surface area (Å²) in [5, 5.41) is 6.17. The first kappa shape index (κ1) is 14.5. The van der Waals surface area contributed by atoms with Gasteiger partial charge in [-0.3, -0.25) is 9.69 Å². The molecule has 1 saturated heterocycles. The van der Waals surface area contributed by atoms with E-state index in [4.69, 9.17) is 0 Å². The summed E-state index contributed by atoms with van der Waals surface area (Å²) in [5.74, 6) is 0.180. The Hall–Kier alpha value is -0.610. The third-order valence-corrected chi connectivity index (χ3v) is 3.60. The predicted molar refractivity (Wildman–Crippen MR) is 71.0 cm³/mol. The van der Waals surface area contributed by atoms with Crippen molar-refractivity contribution in [1.29, 1.82) is 0 Å². The molecule has 0 spiro atoms. The molecule has 4 heteroatoms. The van der Waals surface area contributed by atoms with Crippen LogP contribution in [0.5, 0.6) is 0 Å². The van der Waals surface area contributed by atoms with Crippen molar-refractivity contribution >= 4 is 5.91 Å². The van der Waals surface area contributed by atoms with E-state index in [2.05, 4.69) is 43.2 Å². The van der Waals surface area contributed by atoms with Crippen LogP contribution in [0, 0.1) is 0 Å². The lowest BCUT2D eigenvalue weighted by Crippen LogP contribution is -2.56. The van der Waals surface area contributed by atoms with Crippen molar-refractivity contribution in [2.45, 2.75) is 58.2 Å². The van der Waals surface area contributed by atoms with Crippen molar-refractivity contribution in [2.75, 3.05) is 20.1 Å². The predicted octanol–water partition coefficient (Wildman–Crippen LogP) is 0.973. The van der Waals surface area contributed by atoms with E-state index in [0.29, 0.717) is 6.04 Å². The topological polar surface area (TPSA) is 44.4 Å². The lowest BCUT2D eigenvalue weighted by atomic mass is 9.94. The minimum atomic E-state index is -0.0139. The largest absolute Gasteiger partial charge is 0.355 e. The maximum atomic E-state index is 12.1. The minimum Gasteiger partial charge on any atom is -0.355 e. The summed E-state index contributed by atoms with van der Waals surface area (Å²) in [4.78, 5) is 14.5. The van der Waals surface area contributed by atoms with Crippen LogP contribution in [-0.4, -0.2) is 48.6 Å². The molecule has 2 N–H and O–H groups in total. The molecule has 1 aliphatic rings. The molecule has 4 nitrogen and oxygen atoms in total. The van der Waals surface area contributed by atoms with Gasteiger partial charge in [-0.1, -0.05) is 0 Å². The standard InChI is InChI=1S/C13H27N3O/c1-10(2)16-11(6-8-14-5)12(17)15-9-7-13(16,3)4/h10-11,14H,6-9H2,1-5H3,(H,15,17). The Kier molecular flexibility index (Phi) is 4.95. The molecule has 100 valence electrons. The summed E-state index contributed by atoms with van der Waals surface area (Å²) in [6, 6.07) is 0.371. The number of rotatable bonds is 4. The number of amides is 1. The van der Waals surface area contributed by atoms with Crippen LogP contribution in [0.4, 0.5) is 0 Å². The van der Waals surface area contributed by atoms with E-state index >= 15 is 0 Å². The van der Waals surface area contributed by atoms with Gasteiger partial charge in [-0.05, 0) is 54.1 Å². The molecular formula is C13H27N3O. The van der Waals surface area contributed by atoms with Crippen molar-refractivity contribution < 1.29 is 4.79 Å². The molecule has 1 atom stereocenters. The van der Waals surface area contributed by atoms with E-state index < -0.39 is 0 Å². The van der Waals surface area contributed by atoms with Crippen LogP contribution < -0.4 is 10.6 Å². The molecular weight excluding hydrogens is 214 g/mol. The number of hydrogen-bond donors (Lipinski definition) is 2. The first-order chi connectivity index (χ1) is 7.90. The maximum absolute atomic E-state index is 12.1. The summed E-state index contributed by atoms with van der Waals surface area (Å²) in [6.07, 6.45) is 1.87. The molecule has 0 bridgehead atoms. The fourth-order valence-electron chi connectivity index (χ4n) is 2.90. The molecule has 0 radical (unpaired) electrons. The zero-order valence-electron chi connectivity index (χ0n) is 11.8. The van der Waals surface area contributed by atoms with Crippen LogP contribution in [-0.2, 0) is 4.79 Å². The fraction of sp³-hybridized carbons (Fsp3) is 0.923. The molecule has 0 aromatic carbocycles. The van der Waals surface area contributed by atoms with Gasteiger partial charge in [0.2, 0.25) is 5.91 Å². The average molecular weight is 241 g/mol. The smallest absolute Gasteiger partial charge is 0.237 e. The van der Waals surface area contributed by atoms with Gasteiger partial charge < -0.3 is 10.6 Å². The van der Waals surface area contributed by atoms with E-state index in [1.165, 1.54) is 0 Å². The van der Waals surface area contributed by atoms with Gasteiger partial charge in [-0.15, -0.1) is 0 Å². The molecule has 1 fully saturated rings. The highest BCUT2D eigenvalue weighted by molar-refractivity contribution is 5.82. The normalized spacial score (nSPS) is 25.8. The first-order valence-corrected chi connectivity index (χ1v) is 6.61. The molecule has 1 unspecified atom stereocenters. The Balaban J connectivity index is 2.93. The highest BCUT2D eigenvalue weighted by Gasteiger charge is 2.39. The molecule has 0 aromatic rings. The fourth-order valence-corrected chi connectivity index (χ4v) is 2.90. The van der Waals surface area contributed by atoms with E-state index in [1.54, 1.807) is 0 Å². The molecule has 0 saturated carbocycles. The SMILES string of the molecule is CNCCC1C(=O)NCCC(C)(C)N1C(C)C. The van der Waals surface area contributed by atoms with Gasteiger partial charge in [-0.25, -0.2) is 0 Å². The molecule has 1 amide bonds. The van der Waals surface area contributed by atoms with Gasteiger partial charge in [0.1, 0.15) is 0 Å². The zero-order valence-corrected chi connectivity index (χ0v) is 11.8. The summed E-state index contributed by atoms with van der Waals surface area (Å²) in [6.45, 7) is 10.5. The Bertz CT molecular complexity index is 263. The Morgan fingerprint density at radius 3 is 2.71 bits per heavy atom. The second-order valence-corrected chi connectivity index (χ2v) is 5.76. The Morgan fingerprint density at radius 2 is 2.18 bits per heavy atom. The van der Waals surface area contributed by atoms with Crippen molar-refractivity contribution in [3.8, 4) is 0 Å². The molecule has 1 heterocycles. The molecule has 0 aliphatic carbocycles. The number of carbonyl (C=O) groups excluding carboxylic acids is 1. The van der Waals surface area contributed by atoms with Crippen LogP contribution in [0.25, 0.3) is 0 Å². The monoisotopic (exact) mass is 241 g/mol. The third kappa shape index (κ3) is 3.42. The maximum Gasteiger partial charge on any atom is 0.237 e. The van der Waals surface area contributed by atoms with Crippen molar-refractivity contribution in [2.24, 2.45) is 0 Å². The number of hydrogen-bond acceptors (Lipinski definition) is 3. The quantitative estimate of drug-likeness (QED) is 0.771. The van der Waals surface area contributed by atoms with Gasteiger partial charge in [0, 0.05) is 18.1 Å². The van der Waals surface area contributed by atoms with Crippen molar-refractivity contribution in [3.63, 3.8) is 0 Å². The van der Waals surface area contributed by atoms with Gasteiger partial charge in [0.05, 0.1) is 6.04 Å². The summed E-state index contributed by atoms with van der Waals surface area (Å²) in [7, 11) is 1.93. The van der Waals surface area contributed by atoms with Gasteiger partial charge in [0.15, 0.2) is 0 Å². The Labute approximate surface area is 105 Å². The summed E-state index contributed by atoms with van der Waals surface area (Å²) in [5.41, 5.74) is 0.0751. The second kappa shape index (κ2) is 5.83. The van der Waals surface area contributed by atoms with Crippen LogP contribution in [0.2, 0.25) is 0 Å². The van der Waals surface area contributed by atoms with E-state index in [0.717, 1.165) is 25.9 Å². The average Bonchev–Trinajstić information content (AvgIpc) is 2.32. The van der Waals surface area contributed by atoms with Crippen LogP contribution in [0.15, 0.2) is 0 Å². The van der Waals surface area contributed by atoms with E-state index in [-0.39, 0.29) is 17.5 Å². The first-order valence-electron chi connectivity index (χ1n) is 6.61. The van der Waals surface area contributed by atoms with Crippen LogP contribution >= 0.6 is 0 Å². The minimum absolute atomic E-state index is 0.0139. The number of nitrogens with zero attached hydrogens (tertiary/aromatic N) is 1. The molecule has 1 aliphatic heterocycles. The highest BCUT2D eigenvalue weighted by atomic mass is 16.2. The van der Waals surface area contributed by atoms with Gasteiger partial charge in [0.25, 0.3) is 0 Å². The number of carbonyl (C=O) groups is 1. The zero-order chi connectivity index (χ0) is 13.1. The van der Waals surface area contributed by atoms with Crippen molar-refractivity contribution in [3.05, 3.63) is 0 Å². The van der Waals surface area contributed by atoms with Gasteiger partial charge >= 0.3 is 0 Å². The van der Waals surface area contributed by atoms with Gasteiger partial charge in [-0.2, -0.15) is 0 Å². The highest BCUT2D eigenvalue weighted by Crippen LogP contribution is 2.27. The van der Waals surface area contributed by atoms with Crippen molar-refractivity contribution in [1.82, 2.24) is 15.5 Å². The third-order valence-electron chi connectivity index (χ3n) is 3.60. The van der Waals surface area contributed by atoms with Crippen LogP contribution in [0.3, 0.4) is 0 Å². The molecule has 0 aromatic heterocycles. The van der Waals surface area contributed by atoms with E-state index in [9.17, 15) is 4.79 Å².